The van der Waals surface area contributed by atoms with E-state index in [1.54, 1.807) is 0 Å². The molecule has 3 aliphatic rings. The highest BCUT2D eigenvalue weighted by Gasteiger charge is 2.45. The molecule has 8 heteroatoms. The lowest BCUT2D eigenvalue weighted by molar-refractivity contribution is -0.153. The fourth-order valence-corrected chi connectivity index (χ4v) is 5.53. The van der Waals surface area contributed by atoms with Crippen molar-refractivity contribution in [2.75, 3.05) is 13.1 Å². The van der Waals surface area contributed by atoms with Crippen LogP contribution in [0.5, 0.6) is 5.75 Å². The first-order valence-electron chi connectivity index (χ1n) is 11.3. The lowest BCUT2D eigenvalue weighted by atomic mass is 9.71. The van der Waals surface area contributed by atoms with Gasteiger partial charge in [-0.2, -0.15) is 13.2 Å². The number of esters is 1. The van der Waals surface area contributed by atoms with Crippen molar-refractivity contribution in [3.05, 3.63) is 40.9 Å². The van der Waals surface area contributed by atoms with Gasteiger partial charge in [0.1, 0.15) is 5.75 Å². The average Bonchev–Trinajstić information content (AvgIpc) is 2.76. The molecule has 1 amide bonds. The van der Waals surface area contributed by atoms with E-state index in [0.29, 0.717) is 18.9 Å². The van der Waals surface area contributed by atoms with Crippen molar-refractivity contribution in [3.8, 4) is 5.75 Å². The number of nitrogens with zero attached hydrogens (tertiary/aromatic N) is 1. The molecule has 0 spiro atoms. The molecule has 1 aromatic carbocycles. The number of likely N-dealkylation sites (tertiary alicyclic amines) is 1. The number of carbonyl (C=O) groups is 2. The molecule has 174 valence electrons. The molecule has 2 fully saturated rings. The molecule has 0 bridgehead atoms. The lowest BCUT2D eigenvalue weighted by Gasteiger charge is -2.42. The molecule has 2 aliphatic carbocycles. The Bertz CT molecular complexity index is 895. The quantitative estimate of drug-likeness (QED) is 0.314. The third-order valence-electron chi connectivity index (χ3n) is 6.96. The zero-order valence-corrected chi connectivity index (χ0v) is 18.5. The van der Waals surface area contributed by atoms with Gasteiger partial charge in [0, 0.05) is 13.1 Å². The third-order valence-corrected chi connectivity index (χ3v) is 7.29. The summed E-state index contributed by atoms with van der Waals surface area (Å²) in [5.41, 5.74) is -1.06. The molecule has 0 radical (unpaired) electrons. The van der Waals surface area contributed by atoms with E-state index in [0.717, 1.165) is 37.9 Å². The minimum absolute atomic E-state index is 0.0368. The molecule has 0 aromatic heterocycles. The number of alkyl halides is 3. The number of fused-ring (bicyclic) bond motifs is 1. The Morgan fingerprint density at radius 1 is 1.16 bits per heavy atom. The lowest BCUT2D eigenvalue weighted by Crippen LogP contribution is -2.52. The molecular formula is C24H27ClF3NO3. The maximum atomic E-state index is 13.3. The summed E-state index contributed by atoms with van der Waals surface area (Å²) >= 11 is 5.65. The largest absolute Gasteiger partial charge is 0.426 e. The van der Waals surface area contributed by atoms with Crippen LogP contribution in [-0.2, 0) is 15.8 Å². The van der Waals surface area contributed by atoms with E-state index < -0.39 is 34.6 Å². The van der Waals surface area contributed by atoms with Gasteiger partial charge in [-0.05, 0) is 55.7 Å². The number of piperidine rings is 1. The van der Waals surface area contributed by atoms with Gasteiger partial charge in [0.2, 0.25) is 5.91 Å². The van der Waals surface area contributed by atoms with Crippen molar-refractivity contribution in [2.24, 2.45) is 23.7 Å². The Balaban J connectivity index is 1.48. The first-order chi connectivity index (χ1) is 15.2. The van der Waals surface area contributed by atoms with E-state index in [1.807, 2.05) is 17.1 Å². The second-order valence-electron chi connectivity index (χ2n) is 9.10. The first-order valence-corrected chi connectivity index (χ1v) is 11.7. The van der Waals surface area contributed by atoms with Gasteiger partial charge in [-0.3, -0.25) is 9.59 Å². The van der Waals surface area contributed by atoms with E-state index in [4.69, 9.17) is 16.3 Å². The van der Waals surface area contributed by atoms with E-state index in [9.17, 15) is 22.8 Å². The molecule has 4 nitrogen and oxygen atoms in total. The Hall–Kier alpha value is -2.02. The molecule has 1 heterocycles. The smallest absolute Gasteiger partial charge is 0.417 e. The van der Waals surface area contributed by atoms with Crippen LogP contribution in [0.1, 0.15) is 50.5 Å². The van der Waals surface area contributed by atoms with Gasteiger partial charge in [-0.15, -0.1) is 0 Å². The highest BCUT2D eigenvalue weighted by atomic mass is 35.5. The molecule has 3 atom stereocenters. The van der Waals surface area contributed by atoms with Gasteiger partial charge >= 0.3 is 12.1 Å². The molecule has 1 aliphatic heterocycles. The number of halogens is 4. The van der Waals surface area contributed by atoms with E-state index in [1.165, 1.54) is 25.3 Å². The number of ether oxygens (including phenoxy) is 1. The number of hydrogen-bond acceptors (Lipinski definition) is 3. The summed E-state index contributed by atoms with van der Waals surface area (Å²) in [7, 11) is 0. The van der Waals surface area contributed by atoms with Crippen LogP contribution in [0.4, 0.5) is 13.2 Å². The third kappa shape index (κ3) is 4.98. The van der Waals surface area contributed by atoms with Crippen molar-refractivity contribution in [2.45, 2.75) is 51.1 Å². The topological polar surface area (TPSA) is 46.6 Å². The summed E-state index contributed by atoms with van der Waals surface area (Å²) in [6, 6.07) is 3.03. The van der Waals surface area contributed by atoms with Crippen molar-refractivity contribution in [3.63, 3.8) is 0 Å². The van der Waals surface area contributed by atoms with Crippen molar-refractivity contribution in [1.82, 2.24) is 4.90 Å². The Labute approximate surface area is 190 Å². The van der Waals surface area contributed by atoms with Gasteiger partial charge in [-0.25, -0.2) is 0 Å². The number of carbonyl (C=O) groups excluding carboxylic acids is 2. The molecule has 32 heavy (non-hydrogen) atoms. The fourth-order valence-electron chi connectivity index (χ4n) is 5.30. The standard InChI is InChI=1S/C24H27ClF3NO3/c25-20-10-9-17(13-19(20)24(26,27)28)32-23(31)18-8-4-7-16-11-12-29(22(30)21(16)18)14-15-5-2-1-3-6-15/h4,7,9-10,13,15-16,18,21H,1-3,5-6,8,11-12,14H2/t16?,18-,21?/m0/s1. The Kier molecular flexibility index (Phi) is 6.84. The van der Waals surface area contributed by atoms with Crippen LogP contribution in [0.2, 0.25) is 5.02 Å². The summed E-state index contributed by atoms with van der Waals surface area (Å²) in [4.78, 5) is 28.2. The predicted molar refractivity (Wildman–Crippen MR) is 114 cm³/mol. The van der Waals surface area contributed by atoms with Gasteiger partial charge in [0.25, 0.3) is 0 Å². The zero-order chi connectivity index (χ0) is 22.9. The van der Waals surface area contributed by atoms with Crippen LogP contribution >= 0.6 is 11.6 Å². The van der Waals surface area contributed by atoms with E-state index in [-0.39, 0.29) is 17.6 Å². The summed E-state index contributed by atoms with van der Waals surface area (Å²) < 4.78 is 44.8. The van der Waals surface area contributed by atoms with Gasteiger partial charge < -0.3 is 9.64 Å². The van der Waals surface area contributed by atoms with Crippen LogP contribution < -0.4 is 4.74 Å². The molecular weight excluding hydrogens is 443 g/mol. The van der Waals surface area contributed by atoms with E-state index >= 15 is 0 Å². The number of benzene rings is 1. The number of allylic oxidation sites excluding steroid dienone is 2. The predicted octanol–water partition coefficient (Wildman–Crippen LogP) is 5.89. The van der Waals surface area contributed by atoms with Crippen LogP contribution in [-0.4, -0.2) is 29.9 Å². The van der Waals surface area contributed by atoms with Crippen molar-refractivity contribution < 1.29 is 27.5 Å². The first kappa shape index (κ1) is 23.1. The minimum atomic E-state index is -4.66. The molecule has 0 N–H and O–H groups in total. The van der Waals surface area contributed by atoms with Crippen LogP contribution in [0.3, 0.4) is 0 Å². The fraction of sp³-hybridized carbons (Fsp3) is 0.583. The van der Waals surface area contributed by atoms with Crippen LogP contribution in [0.15, 0.2) is 30.4 Å². The summed E-state index contributed by atoms with van der Waals surface area (Å²) in [5.74, 6) is -1.72. The molecule has 1 aromatic rings. The monoisotopic (exact) mass is 469 g/mol. The Morgan fingerprint density at radius 2 is 1.91 bits per heavy atom. The number of rotatable bonds is 4. The summed E-state index contributed by atoms with van der Waals surface area (Å²) in [6.45, 7) is 1.40. The van der Waals surface area contributed by atoms with Gasteiger partial charge in [-0.1, -0.05) is 43.0 Å². The number of hydrogen-bond donors (Lipinski definition) is 0. The second-order valence-corrected chi connectivity index (χ2v) is 9.50. The van der Waals surface area contributed by atoms with Gasteiger partial charge in [0.05, 0.1) is 22.4 Å². The zero-order valence-electron chi connectivity index (χ0n) is 17.7. The second kappa shape index (κ2) is 9.46. The molecule has 4 rings (SSSR count). The highest BCUT2D eigenvalue weighted by molar-refractivity contribution is 6.31. The van der Waals surface area contributed by atoms with Crippen LogP contribution in [0, 0.1) is 23.7 Å². The summed E-state index contributed by atoms with van der Waals surface area (Å²) in [6.07, 6.45) is 6.21. The molecule has 2 unspecified atom stereocenters. The maximum absolute atomic E-state index is 13.3. The van der Waals surface area contributed by atoms with Gasteiger partial charge in [0.15, 0.2) is 0 Å². The highest BCUT2D eigenvalue weighted by Crippen LogP contribution is 2.40. The van der Waals surface area contributed by atoms with E-state index in [2.05, 4.69) is 0 Å². The normalized spacial score (nSPS) is 26.7. The summed E-state index contributed by atoms with van der Waals surface area (Å²) in [5, 5.41) is -0.459. The maximum Gasteiger partial charge on any atom is 0.417 e. The SMILES string of the molecule is O=C(Oc1ccc(Cl)c(C(F)(F)F)c1)[C@H]1CC=CC2CCN(CC3CCCCC3)C(=O)C21. The minimum Gasteiger partial charge on any atom is -0.426 e. The van der Waals surface area contributed by atoms with Crippen LogP contribution in [0.25, 0.3) is 0 Å². The average molecular weight is 470 g/mol. The molecule has 1 saturated heterocycles. The van der Waals surface area contributed by atoms with Crippen molar-refractivity contribution >= 4 is 23.5 Å². The number of amides is 1. The Morgan fingerprint density at radius 3 is 2.62 bits per heavy atom. The molecule has 1 saturated carbocycles. The van der Waals surface area contributed by atoms with Crippen molar-refractivity contribution in [1.29, 1.82) is 0 Å².